The molecule has 0 nitrogen and oxygen atoms in total. The molecule has 0 radical (unpaired) electrons. The SMILES string of the molecule is CCCCCCc1ccc2cc(C=Cc3cc4cc5cc6cc7cc(C=Cc8ccc9cc(CCCCCC)ccc9c8)sc7cc6cc5cc4s3)ccc2c1. The molecule has 0 fully saturated rings. The van der Waals surface area contributed by atoms with E-state index in [2.05, 4.69) is 159 Å². The lowest BCUT2D eigenvalue weighted by Gasteiger charge is -2.05. The van der Waals surface area contributed by atoms with E-state index in [1.165, 1.54) is 159 Å². The van der Waals surface area contributed by atoms with Crippen molar-refractivity contribution in [2.45, 2.75) is 78.1 Å². The van der Waals surface area contributed by atoms with Gasteiger partial charge in [-0.3, -0.25) is 0 Å². The zero-order chi connectivity index (χ0) is 37.8. The minimum absolute atomic E-state index is 1.18. The van der Waals surface area contributed by atoms with Crippen LogP contribution in [0, 0.1) is 0 Å². The standard InChI is InChI=1S/C54H50S2/c1-3-5-7-9-11-37-13-19-43-27-39(15-21-41(43)25-37)17-23-51-33-49-31-45-29-46-32-50-34-52(56-54(50)36-48(46)30-47(45)35-53(49)55-51)24-18-40-16-22-42-26-38(12-10-8-6-4-2)14-20-44(42)28-40/h13-36H,3-12H2,1-2H3. The summed E-state index contributed by atoms with van der Waals surface area (Å²) in [5.74, 6) is 0. The normalized spacial score (nSPS) is 12.3. The van der Waals surface area contributed by atoms with E-state index in [0.29, 0.717) is 0 Å². The Labute approximate surface area is 339 Å². The van der Waals surface area contributed by atoms with Crippen LogP contribution in [0.4, 0.5) is 0 Å². The second-order valence-corrected chi connectivity index (χ2v) is 18.0. The molecule has 2 aromatic heterocycles. The van der Waals surface area contributed by atoms with Gasteiger partial charge in [0.1, 0.15) is 0 Å². The van der Waals surface area contributed by atoms with Gasteiger partial charge < -0.3 is 0 Å². The van der Waals surface area contributed by atoms with Crippen LogP contribution in [0.1, 0.15) is 97.2 Å². The Balaban J connectivity index is 0.905. The lowest BCUT2D eigenvalue weighted by Crippen LogP contribution is -1.86. The van der Waals surface area contributed by atoms with Crippen LogP contribution in [-0.4, -0.2) is 0 Å². The fourth-order valence-corrected chi connectivity index (χ4v) is 10.3. The van der Waals surface area contributed by atoms with Gasteiger partial charge in [-0.15, -0.1) is 22.7 Å². The molecule has 9 rings (SSSR count). The number of hydrogen-bond acceptors (Lipinski definition) is 2. The van der Waals surface area contributed by atoms with Gasteiger partial charge in [-0.05, 0) is 175 Å². The van der Waals surface area contributed by atoms with Crippen LogP contribution in [0.2, 0.25) is 0 Å². The Hall–Kier alpha value is -5.02. The van der Waals surface area contributed by atoms with E-state index in [1.807, 2.05) is 22.7 Å². The van der Waals surface area contributed by atoms with E-state index in [-0.39, 0.29) is 0 Å². The third kappa shape index (κ3) is 8.24. The molecule has 0 N–H and O–H groups in total. The van der Waals surface area contributed by atoms with Crippen LogP contribution in [0.15, 0.2) is 121 Å². The van der Waals surface area contributed by atoms with E-state index in [0.717, 1.165) is 0 Å². The minimum Gasteiger partial charge on any atom is -0.136 e. The molecule has 7 aromatic carbocycles. The summed E-state index contributed by atoms with van der Waals surface area (Å²) in [6, 6.07) is 46.7. The predicted molar refractivity (Wildman–Crippen MR) is 254 cm³/mol. The van der Waals surface area contributed by atoms with Crippen molar-refractivity contribution in [3.05, 3.63) is 153 Å². The molecule has 2 heterocycles. The van der Waals surface area contributed by atoms with Crippen molar-refractivity contribution in [1.82, 2.24) is 0 Å². The minimum atomic E-state index is 1.18. The Kier molecular flexibility index (Phi) is 10.9. The summed E-state index contributed by atoms with van der Waals surface area (Å²) >= 11 is 3.75. The second kappa shape index (κ2) is 16.6. The van der Waals surface area contributed by atoms with Gasteiger partial charge in [-0.1, -0.05) is 125 Å². The molecule has 0 aliphatic heterocycles. The summed E-state index contributed by atoms with van der Waals surface area (Å²) in [5.41, 5.74) is 5.41. The van der Waals surface area contributed by atoms with Crippen LogP contribution < -0.4 is 0 Å². The molecule has 0 bridgehead atoms. The van der Waals surface area contributed by atoms with E-state index >= 15 is 0 Å². The van der Waals surface area contributed by atoms with Gasteiger partial charge in [0.15, 0.2) is 0 Å². The Morgan fingerprint density at radius 2 is 0.750 bits per heavy atom. The molecule has 56 heavy (non-hydrogen) atoms. The molecule has 0 atom stereocenters. The van der Waals surface area contributed by atoms with Crippen molar-refractivity contribution in [2.24, 2.45) is 0 Å². The fourth-order valence-electron chi connectivity index (χ4n) is 8.30. The Bertz CT molecular complexity index is 2610. The number of aryl methyl sites for hydroxylation is 2. The molecule has 0 aliphatic rings. The van der Waals surface area contributed by atoms with E-state index in [9.17, 15) is 0 Å². The van der Waals surface area contributed by atoms with Gasteiger partial charge in [-0.2, -0.15) is 0 Å². The number of thiophene rings is 2. The summed E-state index contributed by atoms with van der Waals surface area (Å²) < 4.78 is 2.67. The molecule has 0 spiro atoms. The van der Waals surface area contributed by atoms with Crippen LogP contribution in [0.5, 0.6) is 0 Å². The molecule has 0 aliphatic carbocycles. The van der Waals surface area contributed by atoms with Crippen molar-refractivity contribution in [3.63, 3.8) is 0 Å². The molecule has 0 saturated carbocycles. The summed E-state index contributed by atoms with van der Waals surface area (Å²) in [6.45, 7) is 4.55. The zero-order valence-electron chi connectivity index (χ0n) is 32.7. The predicted octanol–water partition coefficient (Wildman–Crippen LogP) is 17.3. The van der Waals surface area contributed by atoms with E-state index < -0.39 is 0 Å². The summed E-state index contributed by atoms with van der Waals surface area (Å²) in [7, 11) is 0. The monoisotopic (exact) mass is 762 g/mol. The molecule has 2 heteroatoms. The van der Waals surface area contributed by atoms with Gasteiger partial charge in [-0.25, -0.2) is 0 Å². The van der Waals surface area contributed by atoms with Crippen molar-refractivity contribution in [3.8, 4) is 0 Å². The van der Waals surface area contributed by atoms with Crippen molar-refractivity contribution < 1.29 is 0 Å². The summed E-state index contributed by atoms with van der Waals surface area (Å²) in [6.07, 6.45) is 21.9. The van der Waals surface area contributed by atoms with Gasteiger partial charge in [0, 0.05) is 19.2 Å². The maximum absolute atomic E-state index is 2.38. The molecule has 0 saturated heterocycles. The smallest absolute Gasteiger partial charge is 0.0355 e. The first-order valence-electron chi connectivity index (χ1n) is 20.8. The zero-order valence-corrected chi connectivity index (χ0v) is 34.4. The topological polar surface area (TPSA) is 0 Å². The average molecular weight is 763 g/mol. The number of unbranched alkanes of at least 4 members (excludes halogenated alkanes) is 6. The van der Waals surface area contributed by atoms with Gasteiger partial charge >= 0.3 is 0 Å². The highest BCUT2D eigenvalue weighted by molar-refractivity contribution is 7.20. The highest BCUT2D eigenvalue weighted by Crippen LogP contribution is 2.36. The molecule has 9 aromatic rings. The van der Waals surface area contributed by atoms with E-state index in [1.54, 1.807) is 0 Å². The summed E-state index contributed by atoms with van der Waals surface area (Å²) in [4.78, 5) is 2.57. The fraction of sp³-hybridized carbons (Fsp3) is 0.222. The number of hydrogen-bond donors (Lipinski definition) is 0. The first-order chi connectivity index (χ1) is 27.6. The number of rotatable bonds is 14. The highest BCUT2D eigenvalue weighted by atomic mass is 32.1. The lowest BCUT2D eigenvalue weighted by atomic mass is 10.0. The van der Waals surface area contributed by atoms with Crippen molar-refractivity contribution in [1.29, 1.82) is 0 Å². The van der Waals surface area contributed by atoms with Crippen LogP contribution in [-0.2, 0) is 12.8 Å². The third-order valence-corrected chi connectivity index (χ3v) is 13.6. The third-order valence-electron chi connectivity index (χ3n) is 11.5. The van der Waals surface area contributed by atoms with Crippen LogP contribution in [0.3, 0.4) is 0 Å². The molecular formula is C54H50S2. The molecule has 0 unspecified atom stereocenters. The molecule has 0 amide bonds. The maximum Gasteiger partial charge on any atom is 0.0355 e. The number of benzene rings is 7. The first-order valence-corrected chi connectivity index (χ1v) is 22.5. The highest BCUT2D eigenvalue weighted by Gasteiger charge is 2.08. The maximum atomic E-state index is 2.38. The Morgan fingerprint density at radius 3 is 1.21 bits per heavy atom. The van der Waals surface area contributed by atoms with Crippen LogP contribution in [0.25, 0.3) is 87.6 Å². The van der Waals surface area contributed by atoms with Gasteiger partial charge in [0.25, 0.3) is 0 Å². The molecular weight excluding hydrogens is 713 g/mol. The Morgan fingerprint density at radius 1 is 0.339 bits per heavy atom. The lowest BCUT2D eigenvalue weighted by molar-refractivity contribution is 0.667. The number of fused-ring (bicyclic) bond motifs is 6. The van der Waals surface area contributed by atoms with E-state index in [4.69, 9.17) is 0 Å². The van der Waals surface area contributed by atoms with Gasteiger partial charge in [0.05, 0.1) is 0 Å². The van der Waals surface area contributed by atoms with Crippen LogP contribution >= 0.6 is 22.7 Å². The first kappa shape index (κ1) is 36.6. The van der Waals surface area contributed by atoms with Gasteiger partial charge in [0.2, 0.25) is 0 Å². The van der Waals surface area contributed by atoms with Crippen molar-refractivity contribution in [2.75, 3.05) is 0 Å². The summed E-state index contributed by atoms with van der Waals surface area (Å²) in [5, 5.41) is 13.1. The van der Waals surface area contributed by atoms with Crippen molar-refractivity contribution >= 4 is 110 Å². The largest absolute Gasteiger partial charge is 0.136 e. The molecule has 278 valence electrons. The average Bonchev–Trinajstić information content (AvgIpc) is 3.82. The quantitative estimate of drug-likeness (QED) is 0.0764. The second-order valence-electron chi connectivity index (χ2n) is 15.8.